The number of nitrogens with two attached hydrogens (primary N) is 1. The van der Waals surface area contributed by atoms with E-state index in [0.717, 1.165) is 113 Å². The lowest BCUT2D eigenvalue weighted by molar-refractivity contribution is -0.135. The zero-order valence-corrected chi connectivity index (χ0v) is 34.8. The molecule has 3 fully saturated rings. The lowest BCUT2D eigenvalue weighted by Crippen LogP contribution is -2.50. The first-order chi connectivity index (χ1) is 29.0. The molecular weight excluding hydrogens is 761 g/mol. The van der Waals surface area contributed by atoms with Gasteiger partial charge in [0.1, 0.15) is 17.3 Å². The molecule has 4 N–H and O–H groups in total. The molecule has 4 aromatic rings. The van der Waals surface area contributed by atoms with Crippen LogP contribution < -0.4 is 10.6 Å². The number of morpholine rings is 1. The number of hydrogen-bond acceptors (Lipinski definition) is 13. The molecule has 0 bridgehead atoms. The average molecular weight is 817 g/mol. The fourth-order valence-electron chi connectivity index (χ4n) is 9.77. The van der Waals surface area contributed by atoms with E-state index in [1.807, 2.05) is 13.8 Å². The molecule has 3 saturated heterocycles. The number of nitrogen functional groups attached to an aromatic ring is 1. The minimum absolute atomic E-state index is 0.00569. The van der Waals surface area contributed by atoms with Gasteiger partial charge in [0.2, 0.25) is 11.9 Å². The number of nitrogens with zero attached hydrogens (tertiary/aromatic N) is 9. The van der Waals surface area contributed by atoms with E-state index in [-0.39, 0.29) is 46.2 Å². The number of ether oxygens (including phenoxy) is 1. The maximum Gasteiger partial charge on any atom is 0.258 e. The van der Waals surface area contributed by atoms with E-state index in [1.165, 1.54) is 11.6 Å². The van der Waals surface area contributed by atoms with Crippen LogP contribution in [0.2, 0.25) is 0 Å². The van der Waals surface area contributed by atoms with Gasteiger partial charge in [-0.3, -0.25) is 19.4 Å². The van der Waals surface area contributed by atoms with Gasteiger partial charge in [0.05, 0.1) is 36.6 Å². The molecule has 7 heterocycles. The second-order valence-corrected chi connectivity index (χ2v) is 17.7. The van der Waals surface area contributed by atoms with Crippen molar-refractivity contribution in [2.45, 2.75) is 78.0 Å². The third kappa shape index (κ3) is 8.22. The van der Waals surface area contributed by atoms with Crippen LogP contribution in [0.5, 0.6) is 11.5 Å². The molecule has 15 heteroatoms. The lowest BCUT2D eigenvalue weighted by Gasteiger charge is -2.47. The van der Waals surface area contributed by atoms with Crippen molar-refractivity contribution < 1.29 is 24.5 Å². The Kier molecular flexibility index (Phi) is 11.1. The number of phenols is 2. The second kappa shape index (κ2) is 16.6. The van der Waals surface area contributed by atoms with Crippen molar-refractivity contribution in [2.24, 2.45) is 5.41 Å². The number of amides is 2. The van der Waals surface area contributed by atoms with Gasteiger partial charge in [0, 0.05) is 82.9 Å². The molecule has 0 unspecified atom stereocenters. The van der Waals surface area contributed by atoms with E-state index in [4.69, 9.17) is 20.4 Å². The Balaban J connectivity index is 0.766. The van der Waals surface area contributed by atoms with Crippen LogP contribution in [0.15, 0.2) is 42.7 Å². The van der Waals surface area contributed by atoms with Crippen LogP contribution in [0, 0.1) is 5.41 Å². The van der Waals surface area contributed by atoms with Gasteiger partial charge in [-0.2, -0.15) is 0 Å². The van der Waals surface area contributed by atoms with Gasteiger partial charge in [-0.1, -0.05) is 32.0 Å². The largest absolute Gasteiger partial charge is 0.508 e. The maximum atomic E-state index is 13.8. The van der Waals surface area contributed by atoms with E-state index in [0.29, 0.717) is 56.3 Å². The molecule has 5 aliphatic heterocycles. The summed E-state index contributed by atoms with van der Waals surface area (Å²) in [4.78, 5) is 56.5. The molecular formula is C45H56N10O5. The minimum Gasteiger partial charge on any atom is -0.508 e. The number of anilines is 2. The first-order valence-electron chi connectivity index (χ1n) is 21.5. The number of phenolic OH excluding ortho intramolecular Hbond substituents is 2. The molecule has 9 rings (SSSR count). The van der Waals surface area contributed by atoms with E-state index >= 15 is 0 Å². The van der Waals surface area contributed by atoms with Gasteiger partial charge in [0.25, 0.3) is 5.91 Å². The molecule has 2 aromatic carbocycles. The van der Waals surface area contributed by atoms with Gasteiger partial charge < -0.3 is 35.4 Å². The van der Waals surface area contributed by atoms with Gasteiger partial charge in [0.15, 0.2) is 5.82 Å². The molecule has 1 spiro atoms. The monoisotopic (exact) mass is 816 g/mol. The van der Waals surface area contributed by atoms with Crippen molar-refractivity contribution in [3.8, 4) is 22.9 Å². The summed E-state index contributed by atoms with van der Waals surface area (Å²) in [7, 11) is 0. The highest BCUT2D eigenvalue weighted by atomic mass is 16.5. The molecule has 15 nitrogen and oxygen atoms in total. The van der Waals surface area contributed by atoms with Crippen LogP contribution in [-0.4, -0.2) is 127 Å². The van der Waals surface area contributed by atoms with Crippen molar-refractivity contribution in [2.75, 3.05) is 76.2 Å². The third-order valence-electron chi connectivity index (χ3n) is 13.5. The van der Waals surface area contributed by atoms with Crippen LogP contribution in [0.3, 0.4) is 0 Å². The molecule has 316 valence electrons. The molecule has 0 saturated carbocycles. The number of carbonyl (C=O) groups excluding carboxylic acids is 2. The Bertz CT molecular complexity index is 2240. The molecule has 0 atom stereocenters. The number of rotatable bonds is 8. The minimum atomic E-state index is -0.229. The quantitative estimate of drug-likeness (QED) is 0.230. The number of benzene rings is 2. The highest BCUT2D eigenvalue weighted by molar-refractivity contribution is 5.97. The summed E-state index contributed by atoms with van der Waals surface area (Å²) in [6, 6.07) is 9.46. The first-order valence-corrected chi connectivity index (χ1v) is 21.5. The average Bonchev–Trinajstić information content (AvgIpc) is 3.68. The Labute approximate surface area is 351 Å². The highest BCUT2D eigenvalue weighted by Crippen LogP contribution is 2.42. The van der Waals surface area contributed by atoms with Gasteiger partial charge >= 0.3 is 0 Å². The van der Waals surface area contributed by atoms with Crippen molar-refractivity contribution >= 4 is 23.6 Å². The predicted octanol–water partition coefficient (Wildman–Crippen LogP) is 4.31. The van der Waals surface area contributed by atoms with E-state index in [9.17, 15) is 19.8 Å². The number of aromatic nitrogens is 4. The van der Waals surface area contributed by atoms with Crippen molar-refractivity contribution in [1.82, 2.24) is 39.5 Å². The van der Waals surface area contributed by atoms with E-state index in [1.54, 1.807) is 23.4 Å². The number of fused-ring (bicyclic) bond motifs is 2. The van der Waals surface area contributed by atoms with Crippen LogP contribution in [0.4, 0.5) is 11.8 Å². The number of aromatic hydroxyl groups is 2. The first kappa shape index (κ1) is 40.0. The molecule has 2 aromatic heterocycles. The zero-order valence-electron chi connectivity index (χ0n) is 34.8. The fraction of sp³-hybridized carbons (Fsp3) is 0.511. The SMILES string of the molecule is CC(C)c1cc(C(=O)N2Cc3ccc(CN4CCC5(CC4)CCN(C(=O)CN4CCc6c(nc(-c7cnc(N)nc7)nc6N6CCOCC6)C4)CC5)cc3C2)c(O)cc1O. The third-order valence-corrected chi connectivity index (χ3v) is 13.5. The normalized spacial score (nSPS) is 19.5. The summed E-state index contributed by atoms with van der Waals surface area (Å²) < 4.78 is 5.63. The van der Waals surface area contributed by atoms with Gasteiger partial charge in [-0.25, -0.2) is 19.9 Å². The van der Waals surface area contributed by atoms with Crippen LogP contribution >= 0.6 is 0 Å². The molecule has 0 aliphatic carbocycles. The van der Waals surface area contributed by atoms with Crippen molar-refractivity contribution in [3.63, 3.8) is 0 Å². The number of hydrogen-bond donors (Lipinski definition) is 3. The Morgan fingerprint density at radius 3 is 2.27 bits per heavy atom. The zero-order chi connectivity index (χ0) is 41.5. The Hall–Kier alpha value is -5.38. The standard InChI is InChI=1S/C45H56N10O5/c1-29(2)35-20-36(39(57)21-38(35)56)43(59)55-25-31-4-3-30(19-32(31)26-55)24-51-11-6-45(7-12-51)8-13-53(14-9-45)40(58)28-52-10-5-34-37(27-52)49-41(33-22-47-44(46)48-23-33)50-42(34)54-15-17-60-18-16-54/h3-4,19-23,29,56-57H,5-18,24-28H2,1-2H3,(H2,46,47,48). The smallest absolute Gasteiger partial charge is 0.258 e. The summed E-state index contributed by atoms with van der Waals surface area (Å²) in [6.07, 6.45) is 8.44. The summed E-state index contributed by atoms with van der Waals surface area (Å²) >= 11 is 0. The molecule has 5 aliphatic rings. The van der Waals surface area contributed by atoms with Gasteiger partial charge in [-0.05, 0) is 84.8 Å². The Morgan fingerprint density at radius 1 is 0.817 bits per heavy atom. The van der Waals surface area contributed by atoms with Gasteiger partial charge in [-0.15, -0.1) is 0 Å². The maximum absolute atomic E-state index is 13.8. The van der Waals surface area contributed by atoms with E-state index in [2.05, 4.69) is 47.8 Å². The Morgan fingerprint density at radius 2 is 1.53 bits per heavy atom. The van der Waals surface area contributed by atoms with Crippen molar-refractivity contribution in [3.05, 3.63) is 81.8 Å². The number of likely N-dealkylation sites (tertiary alicyclic amines) is 2. The van der Waals surface area contributed by atoms with Crippen molar-refractivity contribution in [1.29, 1.82) is 0 Å². The molecule has 60 heavy (non-hydrogen) atoms. The molecule has 0 radical (unpaired) electrons. The summed E-state index contributed by atoms with van der Waals surface area (Å²) in [5.74, 6) is 1.51. The van der Waals surface area contributed by atoms with E-state index < -0.39 is 0 Å². The number of piperidine rings is 2. The highest BCUT2D eigenvalue weighted by Gasteiger charge is 2.39. The van der Waals surface area contributed by atoms with Crippen LogP contribution in [-0.2, 0) is 42.1 Å². The topological polar surface area (TPSA) is 178 Å². The second-order valence-electron chi connectivity index (χ2n) is 17.7. The number of carbonyl (C=O) groups is 2. The van der Waals surface area contributed by atoms with Crippen LogP contribution in [0.1, 0.15) is 89.3 Å². The summed E-state index contributed by atoms with van der Waals surface area (Å²) in [5, 5.41) is 20.8. The van der Waals surface area contributed by atoms with Crippen LogP contribution in [0.25, 0.3) is 11.4 Å². The predicted molar refractivity (Wildman–Crippen MR) is 226 cm³/mol. The molecule has 2 amide bonds. The fourth-order valence-corrected chi connectivity index (χ4v) is 9.77. The summed E-state index contributed by atoms with van der Waals surface area (Å²) in [5.41, 5.74) is 13.2. The lowest BCUT2D eigenvalue weighted by atomic mass is 9.71. The summed E-state index contributed by atoms with van der Waals surface area (Å²) in [6.45, 7) is 14.0.